The normalized spacial score (nSPS) is 15.3. The number of hydrogen-bond donors (Lipinski definition) is 1. The molecule has 0 saturated heterocycles. The summed E-state index contributed by atoms with van der Waals surface area (Å²) >= 11 is 11.9. The van der Waals surface area contributed by atoms with Gasteiger partial charge in [-0.1, -0.05) is 35.3 Å². The lowest BCUT2D eigenvalue weighted by Crippen LogP contribution is -1.98. The van der Waals surface area contributed by atoms with Crippen molar-refractivity contribution in [3.63, 3.8) is 0 Å². The number of halogens is 2. The first-order valence-electron chi connectivity index (χ1n) is 5.77. The molecule has 0 unspecified atom stereocenters. The highest BCUT2D eigenvalue weighted by Gasteiger charge is 2.30. The van der Waals surface area contributed by atoms with Crippen LogP contribution in [0.4, 0.5) is 0 Å². The maximum Gasteiger partial charge on any atom is 0.235 e. The summed E-state index contributed by atoms with van der Waals surface area (Å²) in [6.45, 7) is 0. The van der Waals surface area contributed by atoms with E-state index in [-0.39, 0.29) is 22.9 Å². The molecular weight excluding hydrogens is 299 g/mol. The second-order valence-electron chi connectivity index (χ2n) is 4.26. The van der Waals surface area contributed by atoms with Gasteiger partial charge < -0.3 is 9.84 Å². The molecule has 2 aromatic rings. The highest BCUT2D eigenvalue weighted by atomic mass is 35.5. The summed E-state index contributed by atoms with van der Waals surface area (Å²) in [5.74, 6) is -0.0146. The van der Waals surface area contributed by atoms with Crippen LogP contribution in [-0.4, -0.2) is 10.9 Å². The summed E-state index contributed by atoms with van der Waals surface area (Å²) < 4.78 is 5.45. The van der Waals surface area contributed by atoms with Gasteiger partial charge in [0.1, 0.15) is 17.1 Å². The van der Waals surface area contributed by atoms with Crippen LogP contribution in [0.15, 0.2) is 42.2 Å². The number of fused-ring (bicyclic) bond motifs is 1. The van der Waals surface area contributed by atoms with Crippen molar-refractivity contribution in [2.75, 3.05) is 0 Å². The lowest BCUT2D eigenvalue weighted by atomic mass is 10.1. The van der Waals surface area contributed by atoms with Gasteiger partial charge in [0.15, 0.2) is 5.76 Å². The van der Waals surface area contributed by atoms with E-state index in [4.69, 9.17) is 27.9 Å². The van der Waals surface area contributed by atoms with Crippen LogP contribution in [0.2, 0.25) is 10.0 Å². The standard InChI is InChI=1S/C15H8Cl2O3/c16-9-5-4-8(10(17)7-9)6-13-15(19)14-11(18)2-1-3-12(14)20-13/h1-7,18H/b13-6-. The third-order valence-corrected chi connectivity index (χ3v) is 3.49. The molecule has 3 nitrogen and oxygen atoms in total. The number of carbonyl (C=O) groups is 1. The van der Waals surface area contributed by atoms with Crippen LogP contribution in [0.25, 0.3) is 6.08 Å². The maximum atomic E-state index is 12.2. The van der Waals surface area contributed by atoms with Gasteiger partial charge >= 0.3 is 0 Å². The molecule has 5 heteroatoms. The highest BCUT2D eigenvalue weighted by molar-refractivity contribution is 6.35. The molecular formula is C15H8Cl2O3. The van der Waals surface area contributed by atoms with E-state index in [0.29, 0.717) is 21.4 Å². The summed E-state index contributed by atoms with van der Waals surface area (Å²) in [4.78, 5) is 12.2. The van der Waals surface area contributed by atoms with Gasteiger partial charge in [-0.3, -0.25) is 4.79 Å². The van der Waals surface area contributed by atoms with Crippen molar-refractivity contribution in [3.05, 3.63) is 63.3 Å². The molecule has 0 bridgehead atoms. The van der Waals surface area contributed by atoms with Gasteiger partial charge in [0.05, 0.1) is 0 Å². The summed E-state index contributed by atoms with van der Waals surface area (Å²) in [5.41, 5.74) is 0.788. The minimum atomic E-state index is -0.371. The number of ether oxygens (including phenoxy) is 1. The molecule has 0 spiro atoms. The Labute approximate surface area is 125 Å². The van der Waals surface area contributed by atoms with Crippen LogP contribution in [0.5, 0.6) is 11.5 Å². The smallest absolute Gasteiger partial charge is 0.235 e. The Morgan fingerprint density at radius 3 is 2.65 bits per heavy atom. The molecule has 1 aliphatic rings. The van der Waals surface area contributed by atoms with E-state index in [0.717, 1.165) is 0 Å². The van der Waals surface area contributed by atoms with Gasteiger partial charge in [0, 0.05) is 10.0 Å². The fourth-order valence-corrected chi connectivity index (χ4v) is 2.44. The van der Waals surface area contributed by atoms with E-state index < -0.39 is 0 Å². The number of carbonyl (C=O) groups excluding carboxylic acids is 1. The minimum Gasteiger partial charge on any atom is -0.507 e. The van der Waals surface area contributed by atoms with Crippen molar-refractivity contribution >= 4 is 35.1 Å². The molecule has 1 aliphatic heterocycles. The van der Waals surface area contributed by atoms with Crippen LogP contribution in [0.1, 0.15) is 15.9 Å². The second kappa shape index (κ2) is 4.85. The predicted octanol–water partition coefficient (Wildman–Crippen LogP) is 4.32. The first-order valence-corrected chi connectivity index (χ1v) is 6.53. The Bertz CT molecular complexity index is 751. The van der Waals surface area contributed by atoms with Crippen molar-refractivity contribution in [1.29, 1.82) is 0 Å². The van der Waals surface area contributed by atoms with Crippen molar-refractivity contribution < 1.29 is 14.6 Å². The molecule has 0 atom stereocenters. The fraction of sp³-hybridized carbons (Fsp3) is 0. The van der Waals surface area contributed by atoms with Crippen LogP contribution in [0, 0.1) is 0 Å². The summed E-state index contributed by atoms with van der Waals surface area (Å²) in [6, 6.07) is 9.62. The topological polar surface area (TPSA) is 46.5 Å². The molecule has 1 heterocycles. The SMILES string of the molecule is O=C1/C(=C/c2ccc(Cl)cc2Cl)Oc2cccc(O)c21. The summed E-state index contributed by atoms with van der Waals surface area (Å²) in [5, 5.41) is 10.6. The average Bonchev–Trinajstić information content (AvgIpc) is 2.71. The Kier molecular flexibility index (Phi) is 3.16. The van der Waals surface area contributed by atoms with E-state index >= 15 is 0 Å². The van der Waals surface area contributed by atoms with Gasteiger partial charge in [-0.15, -0.1) is 0 Å². The maximum absolute atomic E-state index is 12.2. The van der Waals surface area contributed by atoms with Gasteiger partial charge in [0.25, 0.3) is 0 Å². The number of phenolic OH excluding ortho intramolecular Hbond substituents is 1. The van der Waals surface area contributed by atoms with Gasteiger partial charge in [0.2, 0.25) is 5.78 Å². The van der Waals surface area contributed by atoms with E-state index in [1.807, 2.05) is 0 Å². The van der Waals surface area contributed by atoms with Crippen LogP contribution in [-0.2, 0) is 0 Å². The number of benzene rings is 2. The molecule has 0 radical (unpaired) electrons. The number of aromatic hydroxyl groups is 1. The van der Waals surface area contributed by atoms with E-state index in [1.54, 1.807) is 30.3 Å². The quantitative estimate of drug-likeness (QED) is 0.798. The molecule has 0 amide bonds. The van der Waals surface area contributed by atoms with E-state index in [9.17, 15) is 9.90 Å². The first kappa shape index (κ1) is 13.0. The molecule has 0 saturated carbocycles. The number of phenols is 1. The third kappa shape index (κ3) is 2.15. The van der Waals surface area contributed by atoms with Gasteiger partial charge in [-0.25, -0.2) is 0 Å². The largest absolute Gasteiger partial charge is 0.507 e. The van der Waals surface area contributed by atoms with Gasteiger partial charge in [-0.05, 0) is 35.9 Å². The Hall–Kier alpha value is -1.97. The summed E-state index contributed by atoms with van der Waals surface area (Å²) in [6.07, 6.45) is 1.53. The average molecular weight is 307 g/mol. The number of rotatable bonds is 1. The lowest BCUT2D eigenvalue weighted by molar-refractivity contribution is 0.101. The predicted molar refractivity (Wildman–Crippen MR) is 77.5 cm³/mol. The zero-order valence-electron chi connectivity index (χ0n) is 10.1. The second-order valence-corrected chi connectivity index (χ2v) is 5.10. The van der Waals surface area contributed by atoms with Crippen LogP contribution >= 0.6 is 23.2 Å². The molecule has 100 valence electrons. The minimum absolute atomic E-state index is 0.0990. The number of Topliss-reactive ketones (excluding diaryl/α,β-unsaturated/α-hetero) is 1. The molecule has 0 aromatic heterocycles. The van der Waals surface area contributed by atoms with Crippen molar-refractivity contribution in [2.45, 2.75) is 0 Å². The number of hydrogen-bond acceptors (Lipinski definition) is 3. The highest BCUT2D eigenvalue weighted by Crippen LogP contribution is 2.37. The van der Waals surface area contributed by atoms with Crippen LogP contribution in [0.3, 0.4) is 0 Å². The number of allylic oxidation sites excluding steroid dienone is 1. The van der Waals surface area contributed by atoms with E-state index in [1.165, 1.54) is 12.1 Å². The molecule has 0 fully saturated rings. The Morgan fingerprint density at radius 1 is 1.15 bits per heavy atom. The van der Waals surface area contributed by atoms with Crippen molar-refractivity contribution in [3.8, 4) is 11.5 Å². The molecule has 20 heavy (non-hydrogen) atoms. The molecule has 0 aliphatic carbocycles. The molecule has 3 rings (SSSR count). The van der Waals surface area contributed by atoms with E-state index in [2.05, 4.69) is 0 Å². The molecule has 2 aromatic carbocycles. The van der Waals surface area contributed by atoms with Crippen molar-refractivity contribution in [1.82, 2.24) is 0 Å². The zero-order chi connectivity index (χ0) is 14.3. The number of ketones is 1. The lowest BCUT2D eigenvalue weighted by Gasteiger charge is -2.01. The zero-order valence-corrected chi connectivity index (χ0v) is 11.6. The fourth-order valence-electron chi connectivity index (χ4n) is 1.98. The third-order valence-electron chi connectivity index (χ3n) is 2.92. The van der Waals surface area contributed by atoms with Crippen molar-refractivity contribution in [2.24, 2.45) is 0 Å². The Balaban J connectivity index is 2.04. The Morgan fingerprint density at radius 2 is 1.95 bits per heavy atom. The molecule has 1 N–H and O–H groups in total. The summed E-state index contributed by atoms with van der Waals surface area (Å²) in [7, 11) is 0. The monoisotopic (exact) mass is 306 g/mol. The van der Waals surface area contributed by atoms with Gasteiger partial charge in [-0.2, -0.15) is 0 Å². The van der Waals surface area contributed by atoms with Crippen LogP contribution < -0.4 is 4.74 Å². The first-order chi connectivity index (χ1) is 9.56.